The average molecular weight is 393 g/mol. The second-order valence-corrected chi connectivity index (χ2v) is 8.36. The second-order valence-electron chi connectivity index (χ2n) is 8.36. The van der Waals surface area contributed by atoms with Crippen molar-refractivity contribution in [3.05, 3.63) is 17.8 Å². The summed E-state index contributed by atoms with van der Waals surface area (Å²) in [5.74, 6) is 1.08. The SMILES string of the molecule is CCC[C@H](O)CN1CCN(Cc2nc(C(=O)NCC3CCCCC3)co2)CC1. The molecule has 2 N–H and O–H groups in total. The number of oxazole rings is 1. The van der Waals surface area contributed by atoms with Gasteiger partial charge in [-0.25, -0.2) is 4.98 Å². The van der Waals surface area contributed by atoms with Crippen LogP contribution in [0.1, 0.15) is 68.2 Å². The Labute approximate surface area is 168 Å². The molecule has 1 saturated heterocycles. The van der Waals surface area contributed by atoms with E-state index >= 15 is 0 Å². The van der Waals surface area contributed by atoms with Gasteiger partial charge in [0.05, 0.1) is 12.6 Å². The Bertz CT molecular complexity index is 592. The van der Waals surface area contributed by atoms with Crippen LogP contribution in [0.4, 0.5) is 0 Å². The van der Waals surface area contributed by atoms with E-state index in [1.54, 1.807) is 0 Å². The van der Waals surface area contributed by atoms with Crippen LogP contribution in [0.25, 0.3) is 0 Å². The first-order chi connectivity index (χ1) is 13.6. The molecule has 2 aliphatic rings. The maximum atomic E-state index is 12.3. The number of nitrogens with one attached hydrogen (secondary N) is 1. The molecule has 1 saturated carbocycles. The van der Waals surface area contributed by atoms with E-state index in [0.717, 1.165) is 52.1 Å². The first-order valence-corrected chi connectivity index (χ1v) is 11.0. The quantitative estimate of drug-likeness (QED) is 0.671. The van der Waals surface area contributed by atoms with Crippen molar-refractivity contribution in [3.63, 3.8) is 0 Å². The molecule has 1 aromatic rings. The van der Waals surface area contributed by atoms with Gasteiger partial charge >= 0.3 is 0 Å². The summed E-state index contributed by atoms with van der Waals surface area (Å²) in [7, 11) is 0. The second kappa shape index (κ2) is 10.9. The molecule has 3 rings (SSSR count). The summed E-state index contributed by atoms with van der Waals surface area (Å²) in [6.45, 7) is 7.95. The molecule has 0 unspecified atom stereocenters. The van der Waals surface area contributed by atoms with E-state index in [1.165, 1.54) is 38.4 Å². The number of hydrogen-bond acceptors (Lipinski definition) is 6. The van der Waals surface area contributed by atoms with Crippen LogP contribution in [-0.2, 0) is 6.54 Å². The van der Waals surface area contributed by atoms with Crippen molar-refractivity contribution in [2.45, 2.75) is 64.5 Å². The van der Waals surface area contributed by atoms with Gasteiger partial charge in [-0.05, 0) is 25.2 Å². The lowest BCUT2D eigenvalue weighted by molar-refractivity contribution is 0.0634. The fraction of sp³-hybridized carbons (Fsp3) is 0.810. The van der Waals surface area contributed by atoms with Crippen LogP contribution < -0.4 is 5.32 Å². The molecule has 1 atom stereocenters. The van der Waals surface area contributed by atoms with Crippen LogP contribution in [0.15, 0.2) is 10.7 Å². The van der Waals surface area contributed by atoms with Gasteiger partial charge in [0.2, 0.25) is 5.89 Å². The van der Waals surface area contributed by atoms with Crippen LogP contribution in [0.3, 0.4) is 0 Å². The van der Waals surface area contributed by atoms with E-state index < -0.39 is 0 Å². The van der Waals surface area contributed by atoms with Crippen molar-refractivity contribution >= 4 is 5.91 Å². The van der Waals surface area contributed by atoms with Crippen LogP contribution in [0.2, 0.25) is 0 Å². The maximum Gasteiger partial charge on any atom is 0.273 e. The van der Waals surface area contributed by atoms with Crippen molar-refractivity contribution < 1.29 is 14.3 Å². The molecule has 1 aliphatic carbocycles. The van der Waals surface area contributed by atoms with Crippen molar-refractivity contribution in [1.82, 2.24) is 20.1 Å². The number of carbonyl (C=O) groups is 1. The predicted octanol–water partition coefficient (Wildman–Crippen LogP) is 2.26. The summed E-state index contributed by atoms with van der Waals surface area (Å²) in [6, 6.07) is 0. The van der Waals surface area contributed by atoms with E-state index in [-0.39, 0.29) is 12.0 Å². The molecule has 158 valence electrons. The molecule has 7 nitrogen and oxygen atoms in total. The summed E-state index contributed by atoms with van der Waals surface area (Å²) in [4.78, 5) is 21.3. The number of nitrogens with zero attached hydrogens (tertiary/aromatic N) is 3. The lowest BCUT2D eigenvalue weighted by Gasteiger charge is -2.34. The first-order valence-electron chi connectivity index (χ1n) is 11.0. The molecule has 2 fully saturated rings. The Morgan fingerprint density at radius 3 is 2.68 bits per heavy atom. The molecule has 0 aromatic carbocycles. The van der Waals surface area contributed by atoms with Gasteiger partial charge in [0.15, 0.2) is 5.69 Å². The number of rotatable bonds is 9. The number of amides is 1. The van der Waals surface area contributed by atoms with Gasteiger partial charge < -0.3 is 14.8 Å². The third-order valence-electron chi connectivity index (χ3n) is 5.98. The van der Waals surface area contributed by atoms with E-state index in [0.29, 0.717) is 24.0 Å². The van der Waals surface area contributed by atoms with Crippen molar-refractivity contribution in [3.8, 4) is 0 Å². The standard InChI is InChI=1S/C21H36N4O3/c1-2-6-18(26)14-24-9-11-25(12-10-24)15-20-23-19(16-28-20)21(27)22-13-17-7-4-3-5-8-17/h16-18,26H,2-15H2,1H3,(H,22,27)/t18-/m0/s1. The van der Waals surface area contributed by atoms with Gasteiger partial charge in [0.25, 0.3) is 5.91 Å². The number of β-amino-alcohol motifs (C(OH)–C–C–N with tert-alkyl or cyclic N) is 1. The Morgan fingerprint density at radius 2 is 1.96 bits per heavy atom. The number of aliphatic hydroxyl groups excluding tert-OH is 1. The van der Waals surface area contributed by atoms with Crippen molar-refractivity contribution in [2.75, 3.05) is 39.3 Å². The van der Waals surface area contributed by atoms with Gasteiger partial charge in [-0.1, -0.05) is 32.6 Å². The highest BCUT2D eigenvalue weighted by atomic mass is 16.3. The highest BCUT2D eigenvalue weighted by Crippen LogP contribution is 2.22. The number of piperazine rings is 1. The third kappa shape index (κ3) is 6.57. The number of aromatic nitrogens is 1. The van der Waals surface area contributed by atoms with Crippen LogP contribution >= 0.6 is 0 Å². The van der Waals surface area contributed by atoms with Crippen molar-refractivity contribution in [2.24, 2.45) is 5.92 Å². The van der Waals surface area contributed by atoms with Gasteiger partial charge in [0.1, 0.15) is 6.26 Å². The topological polar surface area (TPSA) is 81.8 Å². The van der Waals surface area contributed by atoms with Crippen LogP contribution in [0, 0.1) is 5.92 Å². The zero-order valence-electron chi connectivity index (χ0n) is 17.2. The minimum absolute atomic E-state index is 0.129. The van der Waals surface area contributed by atoms with Crippen molar-refractivity contribution in [1.29, 1.82) is 0 Å². The summed E-state index contributed by atoms with van der Waals surface area (Å²) in [5, 5.41) is 13.0. The van der Waals surface area contributed by atoms with E-state index in [9.17, 15) is 9.90 Å². The molecule has 1 amide bonds. The molecule has 0 bridgehead atoms. The number of carbonyl (C=O) groups excluding carboxylic acids is 1. The molecule has 2 heterocycles. The highest BCUT2D eigenvalue weighted by molar-refractivity contribution is 5.91. The predicted molar refractivity (Wildman–Crippen MR) is 108 cm³/mol. The monoisotopic (exact) mass is 392 g/mol. The Hall–Kier alpha value is -1.44. The third-order valence-corrected chi connectivity index (χ3v) is 5.98. The molecule has 7 heteroatoms. The van der Waals surface area contributed by atoms with Crippen LogP contribution in [0.5, 0.6) is 0 Å². The lowest BCUT2D eigenvalue weighted by Crippen LogP contribution is -2.48. The largest absolute Gasteiger partial charge is 0.447 e. The zero-order valence-corrected chi connectivity index (χ0v) is 17.2. The van der Waals surface area contributed by atoms with E-state index in [4.69, 9.17) is 4.42 Å². The van der Waals surface area contributed by atoms with E-state index in [1.807, 2.05) is 0 Å². The average Bonchev–Trinajstić information content (AvgIpc) is 3.17. The molecule has 28 heavy (non-hydrogen) atoms. The van der Waals surface area contributed by atoms with Gasteiger partial charge in [-0.3, -0.25) is 14.6 Å². The minimum atomic E-state index is -0.224. The summed E-state index contributed by atoms with van der Waals surface area (Å²) >= 11 is 0. The van der Waals surface area contributed by atoms with Gasteiger partial charge in [-0.2, -0.15) is 0 Å². The smallest absolute Gasteiger partial charge is 0.273 e. The summed E-state index contributed by atoms with van der Waals surface area (Å²) < 4.78 is 5.54. The zero-order chi connectivity index (χ0) is 19.8. The summed E-state index contributed by atoms with van der Waals surface area (Å²) in [5.41, 5.74) is 0.382. The minimum Gasteiger partial charge on any atom is -0.447 e. The number of hydrogen-bond donors (Lipinski definition) is 2. The molecule has 1 aliphatic heterocycles. The molecule has 1 aromatic heterocycles. The Kier molecular flexibility index (Phi) is 8.30. The van der Waals surface area contributed by atoms with E-state index in [2.05, 4.69) is 27.0 Å². The normalized spacial score (nSPS) is 20.9. The first kappa shape index (κ1) is 21.3. The molecular weight excluding hydrogens is 356 g/mol. The highest BCUT2D eigenvalue weighted by Gasteiger charge is 2.21. The summed E-state index contributed by atoms with van der Waals surface area (Å²) in [6.07, 6.45) is 9.44. The fourth-order valence-electron chi connectivity index (χ4n) is 4.25. The molecular formula is C21H36N4O3. The molecule has 0 radical (unpaired) electrons. The fourth-order valence-corrected chi connectivity index (χ4v) is 4.25. The Morgan fingerprint density at radius 1 is 1.25 bits per heavy atom. The Balaban J connectivity index is 1.38. The lowest BCUT2D eigenvalue weighted by atomic mass is 9.89. The number of aliphatic hydroxyl groups is 1. The van der Waals surface area contributed by atoms with Gasteiger partial charge in [0, 0.05) is 39.3 Å². The maximum absolute atomic E-state index is 12.3. The molecule has 0 spiro atoms. The van der Waals surface area contributed by atoms with Crippen LogP contribution in [-0.4, -0.2) is 71.2 Å². The van der Waals surface area contributed by atoms with Gasteiger partial charge in [-0.15, -0.1) is 0 Å².